The normalized spacial score (nSPS) is 14.3. The number of amides is 1. The highest BCUT2D eigenvalue weighted by molar-refractivity contribution is 9.10. The Morgan fingerprint density at radius 2 is 2.16 bits per heavy atom. The van der Waals surface area contributed by atoms with E-state index in [4.69, 9.17) is 0 Å². The van der Waals surface area contributed by atoms with Crippen LogP contribution >= 0.6 is 15.9 Å². The molecule has 1 aromatic rings. The molecule has 0 heterocycles. The maximum Gasteiger partial charge on any atom is 0.251 e. The average molecular weight is 333 g/mol. The number of rotatable bonds is 5. The van der Waals surface area contributed by atoms with Crippen LogP contribution in [0.2, 0.25) is 0 Å². The molecule has 4 nitrogen and oxygen atoms in total. The Hall–Kier alpha value is -0.980. The van der Waals surface area contributed by atoms with Gasteiger partial charge in [0.2, 0.25) is 0 Å². The summed E-state index contributed by atoms with van der Waals surface area (Å²) in [7, 11) is 3.67. The SMILES string of the molecule is CN(C)CC(C)(O)CNC(=O)c1ccc(Br)c(F)c1. The number of hydrogen-bond acceptors (Lipinski definition) is 3. The molecule has 0 spiro atoms. The van der Waals surface area contributed by atoms with E-state index in [-0.39, 0.29) is 12.1 Å². The van der Waals surface area contributed by atoms with Crippen LogP contribution in [0.3, 0.4) is 0 Å². The Balaban J connectivity index is 2.62. The summed E-state index contributed by atoms with van der Waals surface area (Å²) in [5, 5.41) is 12.6. The minimum Gasteiger partial charge on any atom is -0.387 e. The lowest BCUT2D eigenvalue weighted by Gasteiger charge is -2.27. The van der Waals surface area contributed by atoms with Crippen LogP contribution in [0.5, 0.6) is 0 Å². The van der Waals surface area contributed by atoms with Crippen molar-refractivity contribution in [2.24, 2.45) is 0 Å². The molecule has 1 aromatic carbocycles. The maximum atomic E-state index is 13.3. The molecule has 0 aliphatic heterocycles. The van der Waals surface area contributed by atoms with Gasteiger partial charge in [0, 0.05) is 18.7 Å². The molecule has 1 rings (SSSR count). The van der Waals surface area contributed by atoms with Crippen molar-refractivity contribution in [1.82, 2.24) is 10.2 Å². The van der Waals surface area contributed by atoms with Crippen molar-refractivity contribution in [3.05, 3.63) is 34.1 Å². The third-order valence-electron chi connectivity index (χ3n) is 2.47. The molecule has 19 heavy (non-hydrogen) atoms. The van der Waals surface area contributed by atoms with Gasteiger partial charge in [0.15, 0.2) is 0 Å². The summed E-state index contributed by atoms with van der Waals surface area (Å²) >= 11 is 3.02. The fourth-order valence-corrected chi connectivity index (χ4v) is 1.99. The molecule has 1 amide bonds. The number of likely N-dealkylation sites (N-methyl/N-ethyl adjacent to an activating group) is 1. The van der Waals surface area contributed by atoms with E-state index in [9.17, 15) is 14.3 Å². The first kappa shape index (κ1) is 16.1. The van der Waals surface area contributed by atoms with Crippen LogP contribution in [-0.4, -0.2) is 48.7 Å². The van der Waals surface area contributed by atoms with Crippen LogP contribution in [0, 0.1) is 5.82 Å². The maximum absolute atomic E-state index is 13.3. The predicted octanol–water partition coefficient (Wildman–Crippen LogP) is 1.63. The molecule has 106 valence electrons. The number of aliphatic hydroxyl groups is 1. The van der Waals surface area contributed by atoms with Gasteiger partial charge in [0.1, 0.15) is 5.82 Å². The zero-order valence-corrected chi connectivity index (χ0v) is 12.8. The predicted molar refractivity (Wildman–Crippen MR) is 75.6 cm³/mol. The lowest BCUT2D eigenvalue weighted by atomic mass is 10.1. The molecule has 1 atom stereocenters. The first-order valence-electron chi connectivity index (χ1n) is 5.82. The molecule has 1 unspecified atom stereocenters. The minimum absolute atomic E-state index is 0.0989. The van der Waals surface area contributed by atoms with E-state index in [0.717, 1.165) is 6.07 Å². The Morgan fingerprint density at radius 3 is 2.68 bits per heavy atom. The topological polar surface area (TPSA) is 52.6 Å². The quantitative estimate of drug-likeness (QED) is 0.861. The summed E-state index contributed by atoms with van der Waals surface area (Å²) in [4.78, 5) is 13.6. The second kappa shape index (κ2) is 6.45. The van der Waals surface area contributed by atoms with E-state index in [1.54, 1.807) is 6.92 Å². The lowest BCUT2D eigenvalue weighted by molar-refractivity contribution is 0.0326. The molecular weight excluding hydrogens is 315 g/mol. The van der Waals surface area contributed by atoms with Gasteiger partial charge in [-0.25, -0.2) is 4.39 Å². The molecule has 0 saturated heterocycles. The van der Waals surface area contributed by atoms with Crippen molar-refractivity contribution in [2.75, 3.05) is 27.2 Å². The Labute approximate surface area is 120 Å². The van der Waals surface area contributed by atoms with Crippen LogP contribution in [0.25, 0.3) is 0 Å². The number of nitrogens with zero attached hydrogens (tertiary/aromatic N) is 1. The van der Waals surface area contributed by atoms with Gasteiger partial charge in [-0.3, -0.25) is 4.79 Å². The molecule has 0 aromatic heterocycles. The molecule has 0 aliphatic carbocycles. The molecule has 0 bridgehead atoms. The van der Waals surface area contributed by atoms with Crippen molar-refractivity contribution < 1.29 is 14.3 Å². The van der Waals surface area contributed by atoms with Gasteiger partial charge in [0.05, 0.1) is 10.1 Å². The first-order valence-corrected chi connectivity index (χ1v) is 6.61. The first-order chi connectivity index (χ1) is 8.71. The van der Waals surface area contributed by atoms with Gasteiger partial charge in [-0.15, -0.1) is 0 Å². The van der Waals surface area contributed by atoms with Crippen LogP contribution in [0.4, 0.5) is 4.39 Å². The van der Waals surface area contributed by atoms with E-state index < -0.39 is 17.3 Å². The Kier molecular flexibility index (Phi) is 5.46. The molecule has 0 aliphatic rings. The summed E-state index contributed by atoms with van der Waals surface area (Å²) in [6.45, 7) is 2.15. The van der Waals surface area contributed by atoms with Crippen LogP contribution < -0.4 is 5.32 Å². The number of benzene rings is 1. The fraction of sp³-hybridized carbons (Fsp3) is 0.462. The number of nitrogens with one attached hydrogen (secondary N) is 1. The van der Waals surface area contributed by atoms with E-state index in [1.807, 2.05) is 19.0 Å². The van der Waals surface area contributed by atoms with Crippen molar-refractivity contribution in [3.8, 4) is 0 Å². The smallest absolute Gasteiger partial charge is 0.251 e. The minimum atomic E-state index is -1.03. The molecule has 0 saturated carbocycles. The van der Waals surface area contributed by atoms with Gasteiger partial charge in [-0.1, -0.05) is 0 Å². The molecule has 6 heteroatoms. The van der Waals surface area contributed by atoms with Gasteiger partial charge < -0.3 is 15.3 Å². The van der Waals surface area contributed by atoms with Crippen LogP contribution in [0.15, 0.2) is 22.7 Å². The third kappa shape index (κ3) is 5.26. The summed E-state index contributed by atoms with van der Waals surface area (Å²) in [5.74, 6) is -0.905. The van der Waals surface area contributed by atoms with E-state index in [2.05, 4.69) is 21.2 Å². The Bertz CT molecular complexity index is 464. The van der Waals surface area contributed by atoms with Gasteiger partial charge in [-0.2, -0.15) is 0 Å². The van der Waals surface area contributed by atoms with Gasteiger partial charge in [0.25, 0.3) is 5.91 Å². The molecular formula is C13H18BrFN2O2. The monoisotopic (exact) mass is 332 g/mol. The largest absolute Gasteiger partial charge is 0.387 e. The highest BCUT2D eigenvalue weighted by atomic mass is 79.9. The van der Waals surface area contributed by atoms with Crippen molar-refractivity contribution in [2.45, 2.75) is 12.5 Å². The molecule has 0 radical (unpaired) electrons. The second-order valence-corrected chi connectivity index (χ2v) is 5.90. The molecule has 2 N–H and O–H groups in total. The zero-order chi connectivity index (χ0) is 14.6. The standard InChI is InChI=1S/C13H18BrFN2O2/c1-13(19,8-17(2)3)7-16-12(18)9-4-5-10(14)11(15)6-9/h4-6,19H,7-8H2,1-3H3,(H,16,18). The van der Waals surface area contributed by atoms with Crippen molar-refractivity contribution in [3.63, 3.8) is 0 Å². The summed E-state index contributed by atoms with van der Waals surface area (Å²) in [5.41, 5.74) is -0.811. The van der Waals surface area contributed by atoms with Crippen LogP contribution in [-0.2, 0) is 0 Å². The van der Waals surface area contributed by atoms with E-state index >= 15 is 0 Å². The van der Waals surface area contributed by atoms with E-state index in [0.29, 0.717) is 11.0 Å². The van der Waals surface area contributed by atoms with Crippen molar-refractivity contribution >= 4 is 21.8 Å². The lowest BCUT2D eigenvalue weighted by Crippen LogP contribution is -2.47. The fourth-order valence-electron chi connectivity index (χ4n) is 1.75. The van der Waals surface area contributed by atoms with Crippen LogP contribution in [0.1, 0.15) is 17.3 Å². The third-order valence-corrected chi connectivity index (χ3v) is 3.11. The van der Waals surface area contributed by atoms with Gasteiger partial charge in [-0.05, 0) is 55.1 Å². The van der Waals surface area contributed by atoms with Crippen molar-refractivity contribution in [1.29, 1.82) is 0 Å². The highest BCUT2D eigenvalue weighted by Crippen LogP contribution is 2.16. The number of hydrogen-bond donors (Lipinski definition) is 2. The Morgan fingerprint density at radius 1 is 1.53 bits per heavy atom. The summed E-state index contributed by atoms with van der Waals surface area (Å²) < 4.78 is 13.6. The zero-order valence-electron chi connectivity index (χ0n) is 11.2. The number of carbonyl (C=O) groups is 1. The number of carbonyl (C=O) groups excluding carboxylic acids is 1. The van der Waals surface area contributed by atoms with Gasteiger partial charge >= 0.3 is 0 Å². The molecule has 0 fully saturated rings. The summed E-state index contributed by atoms with van der Waals surface area (Å²) in [6, 6.07) is 4.14. The second-order valence-electron chi connectivity index (χ2n) is 5.05. The summed E-state index contributed by atoms with van der Waals surface area (Å²) in [6.07, 6.45) is 0. The number of halogens is 2. The average Bonchev–Trinajstić information content (AvgIpc) is 2.28. The van der Waals surface area contributed by atoms with E-state index in [1.165, 1.54) is 12.1 Å². The highest BCUT2D eigenvalue weighted by Gasteiger charge is 2.22.